The normalized spacial score (nSPS) is 16.3. The van der Waals surface area contributed by atoms with Crippen molar-refractivity contribution in [3.8, 4) is 0 Å². The van der Waals surface area contributed by atoms with Gasteiger partial charge in [0.2, 0.25) is 5.91 Å². The maximum absolute atomic E-state index is 11.9. The quantitative estimate of drug-likeness (QED) is 0.788. The zero-order valence-corrected chi connectivity index (χ0v) is 15.2. The van der Waals surface area contributed by atoms with E-state index in [4.69, 9.17) is 4.74 Å². The summed E-state index contributed by atoms with van der Waals surface area (Å²) in [5, 5.41) is 7.03. The van der Waals surface area contributed by atoms with Crippen molar-refractivity contribution in [1.82, 2.24) is 15.5 Å². The number of urea groups is 1. The SMILES string of the molecule is CC(C)COC1CCN(CC(=O)NC(=O)NCc2cccs2)CC1. The number of nitrogens with zero attached hydrogens (tertiary/aromatic N) is 1. The number of piperidine rings is 1. The van der Waals surface area contributed by atoms with Crippen LogP contribution >= 0.6 is 11.3 Å². The molecule has 1 saturated heterocycles. The molecule has 1 aromatic rings. The highest BCUT2D eigenvalue weighted by Crippen LogP contribution is 2.14. The van der Waals surface area contributed by atoms with Gasteiger partial charge in [0.05, 0.1) is 19.2 Å². The minimum Gasteiger partial charge on any atom is -0.378 e. The molecule has 3 amide bonds. The molecule has 1 aliphatic rings. The van der Waals surface area contributed by atoms with Crippen molar-refractivity contribution in [3.05, 3.63) is 22.4 Å². The Bertz CT molecular complexity index is 511. The van der Waals surface area contributed by atoms with Crippen molar-refractivity contribution in [1.29, 1.82) is 0 Å². The molecule has 1 aromatic heterocycles. The molecule has 24 heavy (non-hydrogen) atoms. The van der Waals surface area contributed by atoms with Crippen LogP contribution in [0.3, 0.4) is 0 Å². The molecule has 0 atom stereocenters. The summed E-state index contributed by atoms with van der Waals surface area (Å²) in [7, 11) is 0. The highest BCUT2D eigenvalue weighted by Gasteiger charge is 2.22. The summed E-state index contributed by atoms with van der Waals surface area (Å²) >= 11 is 1.57. The highest BCUT2D eigenvalue weighted by molar-refractivity contribution is 7.09. The average molecular weight is 353 g/mol. The molecule has 0 spiro atoms. The number of hydrogen-bond acceptors (Lipinski definition) is 5. The van der Waals surface area contributed by atoms with E-state index in [1.54, 1.807) is 11.3 Å². The first kappa shape index (κ1) is 18.9. The Morgan fingerprint density at radius 1 is 1.38 bits per heavy atom. The van der Waals surface area contributed by atoms with Gasteiger partial charge in [-0.3, -0.25) is 15.0 Å². The van der Waals surface area contributed by atoms with Crippen LogP contribution in [0.4, 0.5) is 4.79 Å². The average Bonchev–Trinajstić information content (AvgIpc) is 3.05. The van der Waals surface area contributed by atoms with Gasteiger partial charge >= 0.3 is 6.03 Å². The maximum atomic E-state index is 11.9. The van der Waals surface area contributed by atoms with Crippen LogP contribution in [0, 0.1) is 5.92 Å². The Kier molecular flexibility index (Phi) is 7.68. The zero-order chi connectivity index (χ0) is 17.4. The number of nitrogens with one attached hydrogen (secondary N) is 2. The number of carbonyl (C=O) groups is 2. The first-order valence-corrected chi connectivity index (χ1v) is 9.35. The van der Waals surface area contributed by atoms with Gasteiger partial charge in [0.25, 0.3) is 0 Å². The highest BCUT2D eigenvalue weighted by atomic mass is 32.1. The first-order valence-electron chi connectivity index (χ1n) is 8.47. The first-order chi connectivity index (χ1) is 11.5. The Balaban J connectivity index is 1.60. The van der Waals surface area contributed by atoms with Crippen molar-refractivity contribution in [2.24, 2.45) is 5.92 Å². The van der Waals surface area contributed by atoms with Crippen LogP contribution in [0.2, 0.25) is 0 Å². The molecule has 0 aliphatic carbocycles. The van der Waals surface area contributed by atoms with E-state index in [0.717, 1.165) is 37.4 Å². The number of thiophene rings is 1. The van der Waals surface area contributed by atoms with Crippen LogP contribution in [0.1, 0.15) is 31.6 Å². The van der Waals surface area contributed by atoms with Crippen LogP contribution < -0.4 is 10.6 Å². The lowest BCUT2D eigenvalue weighted by Crippen LogP contribution is -2.46. The standard InChI is InChI=1S/C17H27N3O3S/c1-13(2)12-23-14-5-7-20(8-6-14)11-16(21)19-17(22)18-10-15-4-3-9-24-15/h3-4,9,13-14H,5-8,10-12H2,1-2H3,(H2,18,19,21,22). The van der Waals surface area contributed by atoms with Gasteiger partial charge < -0.3 is 10.1 Å². The minimum atomic E-state index is -0.441. The van der Waals surface area contributed by atoms with Crippen LogP contribution in [-0.2, 0) is 16.1 Å². The molecule has 2 rings (SSSR count). The molecule has 1 fully saturated rings. The smallest absolute Gasteiger partial charge is 0.321 e. The lowest BCUT2D eigenvalue weighted by molar-refractivity contribution is -0.121. The van der Waals surface area contributed by atoms with E-state index in [0.29, 0.717) is 18.6 Å². The number of imide groups is 1. The van der Waals surface area contributed by atoms with E-state index >= 15 is 0 Å². The molecule has 0 unspecified atom stereocenters. The van der Waals surface area contributed by atoms with Crippen molar-refractivity contribution >= 4 is 23.3 Å². The van der Waals surface area contributed by atoms with Gasteiger partial charge in [0.1, 0.15) is 0 Å². The number of carbonyl (C=O) groups excluding carboxylic acids is 2. The maximum Gasteiger partial charge on any atom is 0.321 e. The van der Waals surface area contributed by atoms with Crippen LogP contribution in [0.5, 0.6) is 0 Å². The summed E-state index contributed by atoms with van der Waals surface area (Å²) in [4.78, 5) is 26.8. The summed E-state index contributed by atoms with van der Waals surface area (Å²) in [6.45, 7) is 7.42. The second kappa shape index (κ2) is 9.76. The molecule has 2 N–H and O–H groups in total. The van der Waals surface area contributed by atoms with E-state index in [-0.39, 0.29) is 12.5 Å². The largest absolute Gasteiger partial charge is 0.378 e. The van der Waals surface area contributed by atoms with Crippen LogP contribution in [0.15, 0.2) is 17.5 Å². The van der Waals surface area contributed by atoms with Crippen LogP contribution in [-0.4, -0.2) is 49.2 Å². The van der Waals surface area contributed by atoms with E-state index in [2.05, 4.69) is 29.4 Å². The Morgan fingerprint density at radius 2 is 2.12 bits per heavy atom. The Labute approximate surface area is 147 Å². The molecular weight excluding hydrogens is 326 g/mol. The third-order valence-electron chi connectivity index (χ3n) is 3.82. The van der Waals surface area contributed by atoms with E-state index in [9.17, 15) is 9.59 Å². The molecule has 0 bridgehead atoms. The monoisotopic (exact) mass is 353 g/mol. The van der Waals surface area contributed by atoms with Gasteiger partial charge in [-0.1, -0.05) is 19.9 Å². The molecule has 6 nitrogen and oxygen atoms in total. The fourth-order valence-electron chi connectivity index (χ4n) is 2.56. The predicted octanol–water partition coefficient (Wildman–Crippen LogP) is 2.21. The number of ether oxygens (including phenoxy) is 1. The zero-order valence-electron chi connectivity index (χ0n) is 14.4. The summed E-state index contributed by atoms with van der Waals surface area (Å²) in [6.07, 6.45) is 2.16. The van der Waals surface area contributed by atoms with Crippen LogP contribution in [0.25, 0.3) is 0 Å². The number of amides is 3. The molecule has 7 heteroatoms. The second-order valence-electron chi connectivity index (χ2n) is 6.51. The van der Waals surface area contributed by atoms with Gasteiger partial charge in [-0.25, -0.2) is 4.79 Å². The number of likely N-dealkylation sites (tertiary alicyclic amines) is 1. The fourth-order valence-corrected chi connectivity index (χ4v) is 3.20. The van der Waals surface area contributed by atoms with Crippen molar-refractivity contribution < 1.29 is 14.3 Å². The van der Waals surface area contributed by atoms with Gasteiger partial charge in [-0.2, -0.15) is 0 Å². The lowest BCUT2D eigenvalue weighted by Gasteiger charge is -2.31. The van der Waals surface area contributed by atoms with E-state index < -0.39 is 6.03 Å². The van der Waals surface area contributed by atoms with Gasteiger partial charge in [0.15, 0.2) is 0 Å². The van der Waals surface area contributed by atoms with Crippen molar-refractivity contribution in [2.45, 2.75) is 39.3 Å². The third-order valence-corrected chi connectivity index (χ3v) is 4.70. The van der Waals surface area contributed by atoms with Crippen molar-refractivity contribution in [2.75, 3.05) is 26.2 Å². The predicted molar refractivity (Wildman–Crippen MR) is 94.9 cm³/mol. The van der Waals surface area contributed by atoms with Gasteiger partial charge in [-0.15, -0.1) is 11.3 Å². The molecule has 0 aromatic carbocycles. The number of rotatable bonds is 7. The molecule has 134 valence electrons. The summed E-state index contributed by atoms with van der Waals surface area (Å²) in [5.41, 5.74) is 0. The van der Waals surface area contributed by atoms with E-state index in [1.165, 1.54) is 0 Å². The summed E-state index contributed by atoms with van der Waals surface area (Å²) < 4.78 is 5.84. The summed E-state index contributed by atoms with van der Waals surface area (Å²) in [5.74, 6) is 0.279. The third kappa shape index (κ3) is 6.98. The van der Waals surface area contributed by atoms with Crippen molar-refractivity contribution in [3.63, 3.8) is 0 Å². The fraction of sp³-hybridized carbons (Fsp3) is 0.647. The minimum absolute atomic E-state index is 0.253. The van der Waals surface area contributed by atoms with Gasteiger partial charge in [-0.05, 0) is 30.2 Å². The second-order valence-corrected chi connectivity index (χ2v) is 7.55. The lowest BCUT2D eigenvalue weighted by atomic mass is 10.1. The topological polar surface area (TPSA) is 70.7 Å². The Morgan fingerprint density at radius 3 is 2.75 bits per heavy atom. The van der Waals surface area contributed by atoms with E-state index in [1.807, 2.05) is 17.5 Å². The summed E-state index contributed by atoms with van der Waals surface area (Å²) in [6, 6.07) is 3.43. The molecular formula is C17H27N3O3S. The molecule has 0 radical (unpaired) electrons. The molecule has 1 aliphatic heterocycles. The molecule has 0 saturated carbocycles. The Hall–Kier alpha value is -1.44. The van der Waals surface area contributed by atoms with Gasteiger partial charge in [0, 0.05) is 24.6 Å². The number of hydrogen-bond donors (Lipinski definition) is 2. The molecule has 2 heterocycles.